The fourth-order valence-corrected chi connectivity index (χ4v) is 3.26. The van der Waals surface area contributed by atoms with E-state index in [1.165, 1.54) is 12.8 Å². The number of aromatic nitrogens is 1. The van der Waals surface area contributed by atoms with E-state index < -0.39 is 0 Å². The molecule has 1 aromatic heterocycles. The highest BCUT2D eigenvalue weighted by atomic mass is 35.5. The lowest BCUT2D eigenvalue weighted by Gasteiger charge is -2.18. The molecule has 0 radical (unpaired) electrons. The first kappa shape index (κ1) is 13.7. The normalized spacial score (nSPS) is 22.6. The molecule has 2 N–H and O–H groups in total. The highest BCUT2D eigenvalue weighted by Crippen LogP contribution is 2.28. The van der Waals surface area contributed by atoms with Gasteiger partial charge < -0.3 is 10.6 Å². The largest absolute Gasteiger partial charge is 0.355 e. The summed E-state index contributed by atoms with van der Waals surface area (Å²) in [7, 11) is 0. The fourth-order valence-electron chi connectivity index (χ4n) is 3.04. The van der Waals surface area contributed by atoms with Crippen molar-refractivity contribution in [2.75, 3.05) is 18.0 Å². The molecule has 3 nitrogen and oxygen atoms in total. The van der Waals surface area contributed by atoms with Crippen LogP contribution in [-0.2, 0) is 0 Å². The molecule has 1 aromatic carbocycles. The van der Waals surface area contributed by atoms with Crippen molar-refractivity contribution in [1.29, 1.82) is 0 Å². The third-order valence-electron chi connectivity index (χ3n) is 4.13. The van der Waals surface area contributed by atoms with E-state index in [4.69, 9.17) is 22.3 Å². The van der Waals surface area contributed by atoms with Crippen LogP contribution in [0.4, 0.5) is 5.82 Å². The first-order valence-electron chi connectivity index (χ1n) is 7.25. The highest BCUT2D eigenvalue weighted by molar-refractivity contribution is 6.35. The number of nitrogens with two attached hydrogens (primary N) is 1. The van der Waals surface area contributed by atoms with Crippen LogP contribution in [0, 0.1) is 5.92 Å². The predicted octanol–water partition coefficient (Wildman–Crippen LogP) is 3.45. The van der Waals surface area contributed by atoms with E-state index in [1.807, 2.05) is 18.2 Å². The summed E-state index contributed by atoms with van der Waals surface area (Å²) < 4.78 is 0. The molecule has 4 heteroatoms. The van der Waals surface area contributed by atoms with Gasteiger partial charge in [-0.25, -0.2) is 4.98 Å². The molecule has 0 bridgehead atoms. The Morgan fingerprint density at radius 2 is 2.15 bits per heavy atom. The van der Waals surface area contributed by atoms with Crippen molar-refractivity contribution in [3.05, 3.63) is 35.4 Å². The van der Waals surface area contributed by atoms with Gasteiger partial charge in [0, 0.05) is 24.5 Å². The quantitative estimate of drug-likeness (QED) is 0.941. The highest BCUT2D eigenvalue weighted by Gasteiger charge is 2.30. The zero-order chi connectivity index (χ0) is 14.1. The van der Waals surface area contributed by atoms with Crippen molar-refractivity contribution in [3.8, 4) is 0 Å². The first-order valence-corrected chi connectivity index (χ1v) is 7.62. The Morgan fingerprint density at radius 1 is 1.30 bits per heavy atom. The van der Waals surface area contributed by atoms with E-state index in [0.717, 1.165) is 29.8 Å². The Bertz CT molecular complexity index is 614. The number of hydrogen-bond donors (Lipinski definition) is 1. The van der Waals surface area contributed by atoms with Crippen LogP contribution in [0.25, 0.3) is 10.9 Å². The molecule has 1 fully saturated rings. The summed E-state index contributed by atoms with van der Waals surface area (Å²) in [4.78, 5) is 7.01. The van der Waals surface area contributed by atoms with E-state index >= 15 is 0 Å². The number of halogens is 1. The lowest BCUT2D eigenvalue weighted by atomic mass is 9.99. The Morgan fingerprint density at radius 3 is 2.95 bits per heavy atom. The Labute approximate surface area is 124 Å². The molecule has 1 aliphatic rings. The lowest BCUT2D eigenvalue weighted by molar-refractivity contribution is 0.472. The van der Waals surface area contributed by atoms with E-state index in [0.29, 0.717) is 10.9 Å². The second kappa shape index (κ2) is 5.58. The summed E-state index contributed by atoms with van der Waals surface area (Å²) in [6.07, 6.45) is 2.37. The number of rotatable bonds is 3. The number of anilines is 1. The van der Waals surface area contributed by atoms with Crippen LogP contribution in [0.5, 0.6) is 0 Å². The summed E-state index contributed by atoms with van der Waals surface area (Å²) in [5.74, 6) is 1.56. The summed E-state index contributed by atoms with van der Waals surface area (Å²) in [6, 6.07) is 10.3. The number of pyridine rings is 1. The molecule has 106 valence electrons. The molecule has 20 heavy (non-hydrogen) atoms. The van der Waals surface area contributed by atoms with Gasteiger partial charge in [0.05, 0.1) is 10.5 Å². The minimum absolute atomic E-state index is 0.249. The van der Waals surface area contributed by atoms with Crippen LogP contribution in [0.1, 0.15) is 19.8 Å². The fraction of sp³-hybridized carbons (Fsp3) is 0.438. The maximum absolute atomic E-state index is 6.24. The number of para-hydroxylation sites is 1. The van der Waals surface area contributed by atoms with Crippen LogP contribution in [-0.4, -0.2) is 24.1 Å². The Balaban J connectivity index is 1.90. The summed E-state index contributed by atoms with van der Waals surface area (Å²) in [5, 5.41) is 1.79. The van der Waals surface area contributed by atoms with Gasteiger partial charge in [0.1, 0.15) is 5.82 Å². The SMILES string of the molecule is CCCC1CN(c2ccc3cccc(Cl)c3n2)CC1N. The number of hydrogen-bond acceptors (Lipinski definition) is 3. The van der Waals surface area contributed by atoms with E-state index in [9.17, 15) is 0 Å². The molecule has 1 aliphatic heterocycles. The molecular formula is C16H20ClN3. The van der Waals surface area contributed by atoms with Crippen LogP contribution < -0.4 is 10.6 Å². The molecular weight excluding hydrogens is 270 g/mol. The molecule has 0 spiro atoms. The van der Waals surface area contributed by atoms with Crippen molar-refractivity contribution in [2.24, 2.45) is 11.7 Å². The van der Waals surface area contributed by atoms with E-state index in [2.05, 4.69) is 24.0 Å². The standard InChI is InChI=1S/C16H20ClN3/c1-2-4-12-9-20(10-14(12)18)15-8-7-11-5-3-6-13(17)16(11)19-15/h3,5-8,12,14H,2,4,9-10,18H2,1H3. The van der Waals surface area contributed by atoms with E-state index in [-0.39, 0.29) is 6.04 Å². The van der Waals surface area contributed by atoms with Crippen LogP contribution in [0.3, 0.4) is 0 Å². The molecule has 1 saturated heterocycles. The number of nitrogens with zero attached hydrogens (tertiary/aromatic N) is 2. The van der Waals surface area contributed by atoms with Crippen LogP contribution >= 0.6 is 11.6 Å². The molecule has 2 aromatic rings. The average Bonchev–Trinajstić information content (AvgIpc) is 2.81. The topological polar surface area (TPSA) is 42.2 Å². The predicted molar refractivity (Wildman–Crippen MR) is 85.3 cm³/mol. The lowest BCUT2D eigenvalue weighted by Crippen LogP contribution is -2.29. The van der Waals surface area contributed by atoms with Crippen LogP contribution in [0.15, 0.2) is 30.3 Å². The molecule has 0 saturated carbocycles. The molecule has 2 unspecified atom stereocenters. The summed E-state index contributed by atoms with van der Waals surface area (Å²) in [6.45, 7) is 4.09. The van der Waals surface area contributed by atoms with Gasteiger partial charge in [-0.3, -0.25) is 0 Å². The molecule has 3 rings (SSSR count). The van der Waals surface area contributed by atoms with Gasteiger partial charge in [0.15, 0.2) is 0 Å². The molecule has 2 atom stereocenters. The zero-order valence-corrected chi connectivity index (χ0v) is 12.5. The van der Waals surface area contributed by atoms with Gasteiger partial charge in [0.25, 0.3) is 0 Å². The van der Waals surface area contributed by atoms with Gasteiger partial charge in [-0.1, -0.05) is 37.1 Å². The summed E-state index contributed by atoms with van der Waals surface area (Å²) >= 11 is 6.24. The van der Waals surface area contributed by atoms with Gasteiger partial charge in [0.2, 0.25) is 0 Å². The van der Waals surface area contributed by atoms with Crippen LogP contribution in [0.2, 0.25) is 5.02 Å². The van der Waals surface area contributed by atoms with Gasteiger partial charge in [-0.2, -0.15) is 0 Å². The summed E-state index contributed by atoms with van der Waals surface area (Å²) in [5.41, 5.74) is 7.11. The smallest absolute Gasteiger partial charge is 0.129 e. The van der Waals surface area contributed by atoms with Gasteiger partial charge in [-0.05, 0) is 30.5 Å². The minimum Gasteiger partial charge on any atom is -0.355 e. The maximum atomic E-state index is 6.24. The van der Waals surface area contributed by atoms with Crippen molar-refractivity contribution in [2.45, 2.75) is 25.8 Å². The van der Waals surface area contributed by atoms with Gasteiger partial charge in [-0.15, -0.1) is 0 Å². The third kappa shape index (κ3) is 2.48. The molecule has 0 aliphatic carbocycles. The van der Waals surface area contributed by atoms with Crippen molar-refractivity contribution >= 4 is 28.3 Å². The van der Waals surface area contributed by atoms with Crippen molar-refractivity contribution in [3.63, 3.8) is 0 Å². The Kier molecular flexibility index (Phi) is 3.81. The van der Waals surface area contributed by atoms with Crippen molar-refractivity contribution < 1.29 is 0 Å². The maximum Gasteiger partial charge on any atom is 0.129 e. The van der Waals surface area contributed by atoms with Gasteiger partial charge >= 0.3 is 0 Å². The van der Waals surface area contributed by atoms with E-state index in [1.54, 1.807) is 0 Å². The first-order chi connectivity index (χ1) is 9.69. The molecule has 0 amide bonds. The Hall–Kier alpha value is -1.32. The number of benzene rings is 1. The van der Waals surface area contributed by atoms with Crippen molar-refractivity contribution in [1.82, 2.24) is 4.98 Å². The molecule has 2 heterocycles. The second-order valence-electron chi connectivity index (χ2n) is 5.60. The second-order valence-corrected chi connectivity index (χ2v) is 6.01. The third-order valence-corrected chi connectivity index (χ3v) is 4.44. The average molecular weight is 290 g/mol. The monoisotopic (exact) mass is 289 g/mol. The number of fused-ring (bicyclic) bond motifs is 1. The minimum atomic E-state index is 0.249. The zero-order valence-electron chi connectivity index (χ0n) is 11.7.